The molecule has 106 valence electrons. The summed E-state index contributed by atoms with van der Waals surface area (Å²) in [5.41, 5.74) is 2.53. The molecule has 20 heavy (non-hydrogen) atoms. The Hall–Kier alpha value is -1.64. The van der Waals surface area contributed by atoms with Crippen molar-refractivity contribution < 1.29 is 5.11 Å². The highest BCUT2D eigenvalue weighted by molar-refractivity contribution is 5.31. The van der Waals surface area contributed by atoms with Crippen molar-refractivity contribution in [2.45, 2.75) is 25.9 Å². The second-order valence-corrected chi connectivity index (χ2v) is 5.09. The first kappa shape index (κ1) is 14.8. The highest BCUT2D eigenvalue weighted by atomic mass is 16.3. The quantitative estimate of drug-likeness (QED) is 0.868. The molecule has 2 aromatic carbocycles. The van der Waals surface area contributed by atoms with Gasteiger partial charge in [0.05, 0.1) is 12.6 Å². The Kier molecular flexibility index (Phi) is 5.33. The van der Waals surface area contributed by atoms with Crippen LogP contribution in [0.3, 0.4) is 0 Å². The van der Waals surface area contributed by atoms with Crippen LogP contribution in [0.5, 0.6) is 0 Å². The van der Waals surface area contributed by atoms with Crippen LogP contribution in [0.4, 0.5) is 0 Å². The Morgan fingerprint density at radius 2 is 1.35 bits per heavy atom. The predicted molar refractivity (Wildman–Crippen MR) is 83.7 cm³/mol. The minimum Gasteiger partial charge on any atom is -0.395 e. The average Bonchev–Trinajstić information content (AvgIpc) is 2.53. The minimum atomic E-state index is 0.130. The Bertz CT molecular complexity index is 458. The van der Waals surface area contributed by atoms with E-state index in [4.69, 9.17) is 0 Å². The minimum absolute atomic E-state index is 0.130. The highest BCUT2D eigenvalue weighted by Gasteiger charge is 2.24. The molecule has 0 bridgehead atoms. The summed E-state index contributed by atoms with van der Waals surface area (Å²) in [7, 11) is 0. The molecule has 0 aliphatic rings. The van der Waals surface area contributed by atoms with Gasteiger partial charge in [-0.15, -0.1) is 0 Å². The van der Waals surface area contributed by atoms with E-state index in [-0.39, 0.29) is 18.7 Å². The Morgan fingerprint density at radius 1 is 0.900 bits per heavy atom. The van der Waals surface area contributed by atoms with Gasteiger partial charge in [0.1, 0.15) is 0 Å². The first-order chi connectivity index (χ1) is 9.77. The molecule has 1 N–H and O–H groups in total. The van der Waals surface area contributed by atoms with Crippen LogP contribution in [0.2, 0.25) is 0 Å². The van der Waals surface area contributed by atoms with Gasteiger partial charge in [-0.05, 0) is 24.6 Å². The molecule has 0 radical (unpaired) electrons. The molecule has 0 heterocycles. The molecule has 0 aliphatic carbocycles. The predicted octanol–water partition coefficient (Wildman–Crippen LogP) is 3.48. The van der Waals surface area contributed by atoms with Gasteiger partial charge >= 0.3 is 0 Å². The fraction of sp³-hybridized carbons (Fsp3) is 0.333. The normalized spacial score (nSPS) is 12.8. The van der Waals surface area contributed by atoms with Crippen molar-refractivity contribution in [3.8, 4) is 0 Å². The summed E-state index contributed by atoms with van der Waals surface area (Å²) in [5.74, 6) is 0. The zero-order valence-corrected chi connectivity index (χ0v) is 12.2. The highest BCUT2D eigenvalue weighted by Crippen LogP contribution is 2.29. The fourth-order valence-corrected chi connectivity index (χ4v) is 2.70. The number of likely N-dealkylation sites (N-methyl/N-ethyl adjacent to an activating group) is 1. The zero-order valence-electron chi connectivity index (χ0n) is 12.2. The molecule has 0 saturated carbocycles. The molecule has 2 nitrogen and oxygen atoms in total. The summed E-state index contributed by atoms with van der Waals surface area (Å²) >= 11 is 0. The van der Waals surface area contributed by atoms with E-state index in [9.17, 15) is 5.11 Å². The van der Waals surface area contributed by atoms with Gasteiger partial charge in [0.2, 0.25) is 0 Å². The smallest absolute Gasteiger partial charge is 0.0604 e. The second-order valence-electron chi connectivity index (χ2n) is 5.09. The Morgan fingerprint density at radius 3 is 1.70 bits per heavy atom. The fourth-order valence-electron chi connectivity index (χ4n) is 2.70. The van der Waals surface area contributed by atoms with Crippen molar-refractivity contribution in [3.63, 3.8) is 0 Å². The number of hydrogen-bond acceptors (Lipinski definition) is 2. The number of aliphatic hydroxyl groups is 1. The molecule has 2 rings (SSSR count). The summed E-state index contributed by atoms with van der Waals surface area (Å²) in [4.78, 5) is 2.34. The van der Waals surface area contributed by atoms with E-state index < -0.39 is 0 Å². The van der Waals surface area contributed by atoms with Crippen molar-refractivity contribution in [3.05, 3.63) is 71.8 Å². The van der Waals surface area contributed by atoms with Crippen molar-refractivity contribution in [2.75, 3.05) is 13.2 Å². The summed E-state index contributed by atoms with van der Waals surface area (Å²) in [5, 5.41) is 9.54. The summed E-state index contributed by atoms with van der Waals surface area (Å²) in [6, 6.07) is 21.3. The van der Waals surface area contributed by atoms with Crippen LogP contribution in [0.1, 0.15) is 31.0 Å². The summed E-state index contributed by atoms with van der Waals surface area (Å²) in [6.07, 6.45) is 0. The monoisotopic (exact) mass is 269 g/mol. The van der Waals surface area contributed by atoms with E-state index in [0.29, 0.717) is 0 Å². The number of hydrogen-bond donors (Lipinski definition) is 1. The van der Waals surface area contributed by atoms with Crippen LogP contribution < -0.4 is 0 Å². The van der Waals surface area contributed by atoms with Crippen LogP contribution in [-0.4, -0.2) is 29.2 Å². The maximum absolute atomic E-state index is 9.54. The van der Waals surface area contributed by atoms with Gasteiger partial charge in [0.25, 0.3) is 0 Å². The summed E-state index contributed by atoms with van der Waals surface area (Å²) in [6.45, 7) is 5.29. The lowest BCUT2D eigenvalue weighted by Gasteiger charge is -2.35. The van der Waals surface area contributed by atoms with Gasteiger partial charge in [-0.1, -0.05) is 67.6 Å². The molecule has 0 aliphatic heterocycles. The molecule has 2 heteroatoms. The third-order valence-corrected chi connectivity index (χ3v) is 3.76. The third kappa shape index (κ3) is 3.27. The van der Waals surface area contributed by atoms with E-state index in [2.05, 4.69) is 67.3 Å². The molecule has 1 unspecified atom stereocenters. The van der Waals surface area contributed by atoms with Gasteiger partial charge in [0, 0.05) is 6.04 Å². The summed E-state index contributed by atoms with van der Waals surface area (Å²) < 4.78 is 0. The number of aliphatic hydroxyl groups excluding tert-OH is 1. The molecule has 0 fully saturated rings. The SMILES string of the molecule is CCN(C(C)CO)C(c1ccccc1)c1ccccc1. The average molecular weight is 269 g/mol. The van der Waals surface area contributed by atoms with Gasteiger partial charge in [-0.25, -0.2) is 0 Å². The van der Waals surface area contributed by atoms with E-state index in [1.807, 2.05) is 12.1 Å². The van der Waals surface area contributed by atoms with Crippen molar-refractivity contribution in [1.29, 1.82) is 0 Å². The van der Waals surface area contributed by atoms with Crippen molar-refractivity contribution in [2.24, 2.45) is 0 Å². The molecule has 0 saturated heterocycles. The topological polar surface area (TPSA) is 23.5 Å². The van der Waals surface area contributed by atoms with E-state index in [0.717, 1.165) is 6.54 Å². The first-order valence-corrected chi connectivity index (χ1v) is 7.24. The molecule has 0 amide bonds. The van der Waals surface area contributed by atoms with Gasteiger partial charge < -0.3 is 5.11 Å². The molecule has 2 aromatic rings. The van der Waals surface area contributed by atoms with Crippen LogP contribution in [0.25, 0.3) is 0 Å². The Balaban J connectivity index is 2.44. The third-order valence-electron chi connectivity index (χ3n) is 3.76. The molecular weight excluding hydrogens is 246 g/mol. The lowest BCUT2D eigenvalue weighted by Crippen LogP contribution is -2.39. The van der Waals surface area contributed by atoms with E-state index in [1.54, 1.807) is 0 Å². The Labute approximate surface area is 121 Å². The maximum atomic E-state index is 9.54. The number of nitrogens with zero attached hydrogens (tertiary/aromatic N) is 1. The standard InChI is InChI=1S/C18H23NO/c1-3-19(15(2)14-20)18(16-10-6-4-7-11-16)17-12-8-5-9-13-17/h4-13,15,18,20H,3,14H2,1-2H3. The van der Waals surface area contributed by atoms with Crippen molar-refractivity contribution >= 4 is 0 Å². The lowest BCUT2D eigenvalue weighted by molar-refractivity contribution is 0.113. The number of rotatable bonds is 6. The van der Waals surface area contributed by atoms with Crippen LogP contribution in [-0.2, 0) is 0 Å². The molecular formula is C18H23NO. The number of benzene rings is 2. The van der Waals surface area contributed by atoms with E-state index in [1.165, 1.54) is 11.1 Å². The van der Waals surface area contributed by atoms with Crippen molar-refractivity contribution in [1.82, 2.24) is 4.90 Å². The van der Waals surface area contributed by atoms with E-state index >= 15 is 0 Å². The van der Waals surface area contributed by atoms with Crippen LogP contribution in [0.15, 0.2) is 60.7 Å². The largest absolute Gasteiger partial charge is 0.395 e. The second kappa shape index (κ2) is 7.22. The lowest BCUT2D eigenvalue weighted by atomic mass is 9.96. The van der Waals surface area contributed by atoms with Crippen LogP contribution >= 0.6 is 0 Å². The first-order valence-electron chi connectivity index (χ1n) is 7.24. The van der Waals surface area contributed by atoms with Gasteiger partial charge in [0.15, 0.2) is 0 Å². The maximum Gasteiger partial charge on any atom is 0.0604 e. The molecule has 1 atom stereocenters. The zero-order chi connectivity index (χ0) is 14.4. The van der Waals surface area contributed by atoms with Gasteiger partial charge in [-0.3, -0.25) is 4.90 Å². The van der Waals surface area contributed by atoms with Crippen LogP contribution in [0, 0.1) is 0 Å². The molecule has 0 spiro atoms. The molecule has 0 aromatic heterocycles. The van der Waals surface area contributed by atoms with Gasteiger partial charge in [-0.2, -0.15) is 0 Å².